The van der Waals surface area contributed by atoms with Gasteiger partial charge in [-0.25, -0.2) is 8.42 Å². The molecule has 2 N–H and O–H groups in total. The first-order chi connectivity index (χ1) is 6.79. The van der Waals surface area contributed by atoms with Crippen LogP contribution in [-0.4, -0.2) is 19.8 Å². The molecule has 6 heteroatoms. The first kappa shape index (κ1) is 12.3. The first-order valence-corrected chi connectivity index (χ1v) is 6.52. The van der Waals surface area contributed by atoms with Crippen molar-refractivity contribution in [2.24, 2.45) is 0 Å². The van der Waals surface area contributed by atoms with Crippen molar-refractivity contribution in [1.29, 1.82) is 0 Å². The first-order valence-electron chi connectivity index (χ1n) is 4.25. The quantitative estimate of drug-likeness (QED) is 0.858. The van der Waals surface area contributed by atoms with Crippen LogP contribution in [0.2, 0.25) is 5.02 Å². The van der Waals surface area contributed by atoms with E-state index in [1.54, 1.807) is 13.0 Å². The van der Waals surface area contributed by atoms with Gasteiger partial charge >= 0.3 is 0 Å². The van der Waals surface area contributed by atoms with E-state index in [-0.39, 0.29) is 5.69 Å². The lowest BCUT2D eigenvalue weighted by atomic mass is 10.1. The monoisotopic (exact) mass is 249 g/mol. The Morgan fingerprint density at radius 1 is 1.47 bits per heavy atom. The fourth-order valence-electron chi connectivity index (χ4n) is 1.08. The molecular weight excluding hydrogens is 238 g/mol. The number of halogens is 1. The van der Waals surface area contributed by atoms with Crippen molar-refractivity contribution in [2.75, 3.05) is 11.0 Å². The largest absolute Gasteiger partial charge is 0.389 e. The summed E-state index contributed by atoms with van der Waals surface area (Å²) in [6.45, 7) is 1.59. The Bertz CT molecular complexity index is 456. The summed E-state index contributed by atoms with van der Waals surface area (Å²) in [5, 5.41) is 9.61. The van der Waals surface area contributed by atoms with Crippen molar-refractivity contribution in [3.63, 3.8) is 0 Å². The van der Waals surface area contributed by atoms with Crippen molar-refractivity contribution in [3.8, 4) is 0 Å². The molecule has 0 spiro atoms. The zero-order valence-corrected chi connectivity index (χ0v) is 9.93. The van der Waals surface area contributed by atoms with Gasteiger partial charge in [-0.2, -0.15) is 0 Å². The van der Waals surface area contributed by atoms with Crippen molar-refractivity contribution >= 4 is 27.3 Å². The van der Waals surface area contributed by atoms with E-state index in [4.69, 9.17) is 11.6 Å². The maximum Gasteiger partial charge on any atom is 0.229 e. The molecule has 0 radical (unpaired) electrons. The molecule has 0 aliphatic carbocycles. The normalized spacial score (nSPS) is 13.6. The molecule has 0 saturated carbocycles. The van der Waals surface area contributed by atoms with Gasteiger partial charge in [0.1, 0.15) is 0 Å². The highest BCUT2D eigenvalue weighted by molar-refractivity contribution is 7.92. The maximum absolute atomic E-state index is 11.0. The van der Waals surface area contributed by atoms with Crippen LogP contribution < -0.4 is 4.72 Å². The molecule has 0 aliphatic rings. The van der Waals surface area contributed by atoms with Crippen LogP contribution in [0.1, 0.15) is 18.6 Å². The zero-order valence-electron chi connectivity index (χ0n) is 8.36. The highest BCUT2D eigenvalue weighted by atomic mass is 35.5. The molecule has 15 heavy (non-hydrogen) atoms. The smallest absolute Gasteiger partial charge is 0.229 e. The minimum absolute atomic E-state index is 0.276. The van der Waals surface area contributed by atoms with Gasteiger partial charge in [-0.1, -0.05) is 17.7 Å². The number of anilines is 1. The molecule has 4 nitrogen and oxygen atoms in total. The highest BCUT2D eigenvalue weighted by Gasteiger charge is 2.09. The molecule has 1 atom stereocenters. The third-order valence-corrected chi connectivity index (χ3v) is 2.69. The lowest BCUT2D eigenvalue weighted by Crippen LogP contribution is -2.10. The zero-order chi connectivity index (χ0) is 11.6. The number of sulfonamides is 1. The molecule has 0 heterocycles. The van der Waals surface area contributed by atoms with Crippen LogP contribution in [0.4, 0.5) is 5.69 Å². The van der Waals surface area contributed by atoms with Gasteiger partial charge in [0.15, 0.2) is 0 Å². The molecule has 1 aromatic rings. The van der Waals surface area contributed by atoms with Gasteiger partial charge in [-0.15, -0.1) is 0 Å². The fourth-order valence-corrected chi connectivity index (χ4v) is 1.87. The van der Waals surface area contributed by atoms with Gasteiger partial charge in [0.05, 0.1) is 23.1 Å². The average Bonchev–Trinajstić information content (AvgIpc) is 2.06. The number of benzene rings is 1. The summed E-state index contributed by atoms with van der Waals surface area (Å²) in [5.41, 5.74) is 0.878. The minimum Gasteiger partial charge on any atom is -0.389 e. The Morgan fingerprint density at radius 3 is 2.53 bits per heavy atom. The Hall–Kier alpha value is -0.780. The third kappa shape index (κ3) is 3.70. The molecule has 0 saturated heterocycles. The predicted molar refractivity (Wildman–Crippen MR) is 60.6 cm³/mol. The van der Waals surface area contributed by atoms with E-state index >= 15 is 0 Å². The summed E-state index contributed by atoms with van der Waals surface area (Å²) in [5.74, 6) is 0. The van der Waals surface area contributed by atoms with Crippen LogP contribution in [0.25, 0.3) is 0 Å². The van der Waals surface area contributed by atoms with Crippen LogP contribution in [0, 0.1) is 0 Å². The summed E-state index contributed by atoms with van der Waals surface area (Å²) in [7, 11) is -3.36. The van der Waals surface area contributed by atoms with Gasteiger partial charge in [-0.05, 0) is 24.6 Å². The van der Waals surface area contributed by atoms with Crippen LogP contribution >= 0.6 is 11.6 Å². The molecule has 1 rings (SSSR count). The van der Waals surface area contributed by atoms with E-state index in [2.05, 4.69) is 4.72 Å². The Kier molecular flexibility index (Phi) is 3.59. The number of aliphatic hydroxyl groups excluding tert-OH is 1. The number of aliphatic hydroxyl groups is 1. The van der Waals surface area contributed by atoms with Crippen molar-refractivity contribution < 1.29 is 13.5 Å². The Balaban J connectivity index is 3.11. The minimum atomic E-state index is -3.36. The molecule has 0 bridgehead atoms. The number of hydrogen-bond donors (Lipinski definition) is 2. The number of hydrogen-bond acceptors (Lipinski definition) is 3. The molecule has 0 aromatic heterocycles. The van der Waals surface area contributed by atoms with Gasteiger partial charge in [-0.3, -0.25) is 4.72 Å². The van der Waals surface area contributed by atoms with E-state index in [1.165, 1.54) is 12.1 Å². The van der Waals surface area contributed by atoms with E-state index in [9.17, 15) is 13.5 Å². The average molecular weight is 250 g/mol. The summed E-state index contributed by atoms with van der Waals surface area (Å²) < 4.78 is 24.3. The Labute approximate surface area is 93.9 Å². The van der Waals surface area contributed by atoms with Crippen LogP contribution in [0.5, 0.6) is 0 Å². The summed E-state index contributed by atoms with van der Waals surface area (Å²) in [6.07, 6.45) is 0.376. The second-order valence-electron chi connectivity index (χ2n) is 3.29. The molecule has 0 amide bonds. The summed E-state index contributed by atoms with van der Waals surface area (Å²) >= 11 is 5.80. The predicted octanol–water partition coefficient (Wildman–Crippen LogP) is 1.76. The van der Waals surface area contributed by atoms with Gasteiger partial charge in [0.25, 0.3) is 0 Å². The summed E-state index contributed by atoms with van der Waals surface area (Å²) in [6, 6.07) is 4.69. The van der Waals surface area contributed by atoms with Crippen molar-refractivity contribution in [2.45, 2.75) is 13.0 Å². The standard InChI is InChI=1S/C9H12ClNO3S/c1-6(12)7-3-4-8(10)9(5-7)11-15(2,13)14/h3-6,11-12H,1-2H3. The third-order valence-electron chi connectivity index (χ3n) is 1.77. The molecule has 0 fully saturated rings. The molecular formula is C9H12ClNO3S. The number of rotatable bonds is 3. The van der Waals surface area contributed by atoms with Crippen molar-refractivity contribution in [1.82, 2.24) is 0 Å². The molecule has 1 unspecified atom stereocenters. The second kappa shape index (κ2) is 4.38. The molecule has 0 aliphatic heterocycles. The second-order valence-corrected chi connectivity index (χ2v) is 5.45. The van der Waals surface area contributed by atoms with Crippen molar-refractivity contribution in [3.05, 3.63) is 28.8 Å². The van der Waals surface area contributed by atoms with Gasteiger partial charge < -0.3 is 5.11 Å². The van der Waals surface area contributed by atoms with Crippen LogP contribution in [0.15, 0.2) is 18.2 Å². The van der Waals surface area contributed by atoms with Crippen LogP contribution in [0.3, 0.4) is 0 Å². The van der Waals surface area contributed by atoms with E-state index < -0.39 is 16.1 Å². The fraction of sp³-hybridized carbons (Fsp3) is 0.333. The van der Waals surface area contributed by atoms with E-state index in [0.717, 1.165) is 6.26 Å². The summed E-state index contributed by atoms with van der Waals surface area (Å²) in [4.78, 5) is 0. The lowest BCUT2D eigenvalue weighted by Gasteiger charge is -2.10. The number of nitrogens with one attached hydrogen (secondary N) is 1. The molecule has 84 valence electrons. The SMILES string of the molecule is CC(O)c1ccc(Cl)c(NS(C)(=O)=O)c1. The van der Waals surface area contributed by atoms with Gasteiger partial charge in [0, 0.05) is 0 Å². The van der Waals surface area contributed by atoms with E-state index in [0.29, 0.717) is 10.6 Å². The van der Waals surface area contributed by atoms with E-state index in [1.807, 2.05) is 0 Å². The Morgan fingerprint density at radius 2 is 2.07 bits per heavy atom. The van der Waals surface area contributed by atoms with Crippen LogP contribution in [-0.2, 0) is 10.0 Å². The highest BCUT2D eigenvalue weighted by Crippen LogP contribution is 2.26. The lowest BCUT2D eigenvalue weighted by molar-refractivity contribution is 0.199. The van der Waals surface area contributed by atoms with Gasteiger partial charge in [0.2, 0.25) is 10.0 Å². The molecule has 1 aromatic carbocycles. The topological polar surface area (TPSA) is 66.4 Å². The maximum atomic E-state index is 11.0.